The molecule has 0 amide bonds. The number of esters is 4. The van der Waals surface area contributed by atoms with Gasteiger partial charge in [0, 0.05) is 44.9 Å². The minimum Gasteiger partial charge on any atom is -0.461 e. The molecule has 3 aliphatic rings. The summed E-state index contributed by atoms with van der Waals surface area (Å²) < 4.78 is 72.8. The molecule has 9 nitrogen and oxygen atoms in total. The summed E-state index contributed by atoms with van der Waals surface area (Å²) >= 11 is 0. The molecule has 1 aromatic carbocycles. The van der Waals surface area contributed by atoms with Crippen LogP contribution in [0.15, 0.2) is 64.8 Å². The molecule has 0 saturated heterocycles. The number of hydrogen-bond donors (Lipinski definition) is 0. The van der Waals surface area contributed by atoms with Gasteiger partial charge in [-0.25, -0.2) is 9.59 Å². The van der Waals surface area contributed by atoms with Crippen LogP contribution >= 0.6 is 0 Å². The van der Waals surface area contributed by atoms with Crippen molar-refractivity contribution in [1.29, 1.82) is 0 Å². The van der Waals surface area contributed by atoms with Crippen molar-refractivity contribution in [3.8, 4) is 0 Å². The van der Waals surface area contributed by atoms with Crippen molar-refractivity contribution in [1.82, 2.24) is 0 Å². The zero-order valence-corrected chi connectivity index (χ0v) is 26.9. The Bertz CT molecular complexity index is 1480. The molecule has 46 heavy (non-hydrogen) atoms. The van der Waals surface area contributed by atoms with Crippen molar-refractivity contribution in [3.63, 3.8) is 0 Å². The molecule has 0 fully saturated rings. The minimum absolute atomic E-state index is 0.192. The quantitative estimate of drug-likeness (QED) is 0.214. The fourth-order valence-electron chi connectivity index (χ4n) is 7.03. The summed E-state index contributed by atoms with van der Waals surface area (Å²) in [7, 11) is 0.762. The highest BCUT2D eigenvalue weighted by Crippen LogP contribution is 2.53. The monoisotopic (exact) mass is 648 g/mol. The Balaban J connectivity index is 1.97. The average molecular weight is 649 g/mol. The largest absolute Gasteiger partial charge is 0.461 e. The molecule has 250 valence electrons. The lowest BCUT2D eigenvalue weighted by atomic mass is 9.58. The Hall–Kier alpha value is -3.93. The van der Waals surface area contributed by atoms with Crippen LogP contribution in [0.1, 0.15) is 66.4 Å². The van der Waals surface area contributed by atoms with E-state index in [4.69, 9.17) is 23.7 Å². The zero-order chi connectivity index (χ0) is 34.2. The summed E-state index contributed by atoms with van der Waals surface area (Å²) in [4.78, 5) is 51.8. The Labute approximate surface area is 265 Å². The third-order valence-electron chi connectivity index (χ3n) is 9.38. The summed E-state index contributed by atoms with van der Waals surface area (Å²) in [6.07, 6.45) is -6.22. The zero-order valence-electron chi connectivity index (χ0n) is 26.9. The van der Waals surface area contributed by atoms with Gasteiger partial charge in [-0.2, -0.15) is 13.2 Å². The van der Waals surface area contributed by atoms with E-state index in [-0.39, 0.29) is 19.3 Å². The van der Waals surface area contributed by atoms with E-state index in [2.05, 4.69) is 0 Å². The van der Waals surface area contributed by atoms with Crippen molar-refractivity contribution in [3.05, 3.63) is 70.3 Å². The maximum Gasteiger partial charge on any atom is 0.432 e. The van der Waals surface area contributed by atoms with Gasteiger partial charge in [0.2, 0.25) is 0 Å². The number of ether oxygens (including phenoxy) is 5. The van der Waals surface area contributed by atoms with E-state index >= 15 is 0 Å². The van der Waals surface area contributed by atoms with Crippen molar-refractivity contribution >= 4 is 23.9 Å². The summed E-state index contributed by atoms with van der Waals surface area (Å²) in [5.41, 5.74) is -3.01. The molecule has 7 atom stereocenters. The van der Waals surface area contributed by atoms with Crippen LogP contribution < -0.4 is 0 Å². The van der Waals surface area contributed by atoms with Gasteiger partial charge in [-0.15, -0.1) is 0 Å². The lowest BCUT2D eigenvalue weighted by Gasteiger charge is -2.52. The van der Waals surface area contributed by atoms with Crippen LogP contribution in [0.2, 0.25) is 0 Å². The third kappa shape index (κ3) is 6.23. The van der Waals surface area contributed by atoms with Crippen LogP contribution in [-0.4, -0.2) is 61.6 Å². The number of carbonyl (C=O) groups excluding carboxylic acids is 4. The summed E-state index contributed by atoms with van der Waals surface area (Å²) in [6, 6.07) is 6.38. The maximum absolute atomic E-state index is 14.9. The molecule has 12 heteroatoms. The molecular formula is C34H39F3O9. The normalized spacial score (nSPS) is 30.7. The highest BCUT2D eigenvalue weighted by atomic mass is 19.4. The smallest absolute Gasteiger partial charge is 0.432 e. The van der Waals surface area contributed by atoms with Gasteiger partial charge in [0.1, 0.15) is 24.4 Å². The lowest BCUT2D eigenvalue weighted by Crippen LogP contribution is -2.60. The Kier molecular flexibility index (Phi) is 9.91. The van der Waals surface area contributed by atoms with Crippen molar-refractivity contribution in [2.75, 3.05) is 7.11 Å². The number of rotatable bonds is 6. The maximum atomic E-state index is 14.9. The van der Waals surface area contributed by atoms with Crippen LogP contribution in [0.25, 0.3) is 0 Å². The van der Waals surface area contributed by atoms with Crippen molar-refractivity contribution in [2.24, 2.45) is 11.3 Å². The number of carbonyl (C=O) groups is 4. The highest BCUT2D eigenvalue weighted by molar-refractivity contribution is 5.92. The first-order chi connectivity index (χ1) is 21.5. The van der Waals surface area contributed by atoms with Crippen molar-refractivity contribution in [2.45, 2.75) is 97.0 Å². The van der Waals surface area contributed by atoms with Gasteiger partial charge in [0.15, 0.2) is 0 Å². The Morgan fingerprint density at radius 1 is 0.957 bits per heavy atom. The van der Waals surface area contributed by atoms with Gasteiger partial charge < -0.3 is 23.7 Å². The summed E-state index contributed by atoms with van der Waals surface area (Å²) in [5.74, 6) is -4.29. The molecule has 4 rings (SSSR count). The number of fused-ring (bicyclic) bond motifs is 2. The van der Waals surface area contributed by atoms with E-state index < -0.39 is 77.0 Å². The first-order valence-electron chi connectivity index (χ1n) is 14.9. The van der Waals surface area contributed by atoms with Crippen LogP contribution in [0.5, 0.6) is 0 Å². The highest BCUT2D eigenvalue weighted by Gasteiger charge is 2.65. The third-order valence-corrected chi connectivity index (χ3v) is 9.38. The molecule has 2 aliphatic carbocycles. The van der Waals surface area contributed by atoms with E-state index in [1.54, 1.807) is 26.8 Å². The molecule has 0 aromatic heterocycles. The number of hydrogen-bond acceptors (Lipinski definition) is 9. The van der Waals surface area contributed by atoms with Gasteiger partial charge in [0.25, 0.3) is 5.60 Å². The van der Waals surface area contributed by atoms with Crippen molar-refractivity contribution < 1.29 is 56.0 Å². The second kappa shape index (κ2) is 13.1. The van der Waals surface area contributed by atoms with Gasteiger partial charge in [-0.1, -0.05) is 54.5 Å². The molecule has 1 aromatic rings. The fraction of sp³-hybridized carbons (Fsp3) is 0.529. The predicted octanol–water partition coefficient (Wildman–Crippen LogP) is 5.82. The van der Waals surface area contributed by atoms with Gasteiger partial charge in [-0.3, -0.25) is 9.59 Å². The van der Waals surface area contributed by atoms with Crippen LogP contribution in [0, 0.1) is 11.3 Å². The lowest BCUT2D eigenvalue weighted by molar-refractivity contribution is -0.281. The standard InChI is InChI=1S/C34H39F3O9/c1-18-15-26-24(20(3)30(40)45-26)17-25-19(2)13-14-28(43-21(4)38)32(25,6)29(44-22(5)39)27(16-18)46-31(41)33(42-7,34(35,36)37)23-11-9-8-10-12-23/h8-13,15,25-29H,14,16-17H2,1-7H3/b18-15-/t25-,26+,27-,28+,29+,32-,33-/m1/s1. The number of allylic oxidation sites excluding steroid dienone is 1. The molecular weight excluding hydrogens is 609 g/mol. The predicted molar refractivity (Wildman–Crippen MR) is 158 cm³/mol. The number of benzene rings is 1. The van der Waals surface area contributed by atoms with E-state index in [9.17, 15) is 32.3 Å². The van der Waals surface area contributed by atoms with E-state index in [1.807, 2.05) is 13.0 Å². The second-order valence-electron chi connectivity index (χ2n) is 12.3. The summed E-state index contributed by atoms with van der Waals surface area (Å²) in [6.45, 7) is 9.18. The summed E-state index contributed by atoms with van der Waals surface area (Å²) in [5, 5.41) is 0. The fourth-order valence-corrected chi connectivity index (χ4v) is 7.03. The average Bonchev–Trinajstić information content (AvgIpc) is 3.22. The topological polar surface area (TPSA) is 114 Å². The van der Waals surface area contributed by atoms with E-state index in [0.717, 1.165) is 31.7 Å². The molecule has 0 unspecified atom stereocenters. The molecule has 1 heterocycles. The number of methoxy groups -OCH3 is 1. The van der Waals surface area contributed by atoms with Gasteiger partial charge in [0.05, 0.1) is 5.41 Å². The number of alkyl halides is 3. The molecule has 0 spiro atoms. The van der Waals surface area contributed by atoms with Crippen LogP contribution in [0.3, 0.4) is 0 Å². The molecule has 1 aliphatic heterocycles. The van der Waals surface area contributed by atoms with Crippen LogP contribution in [0.4, 0.5) is 13.2 Å². The second-order valence-corrected chi connectivity index (χ2v) is 12.3. The van der Waals surface area contributed by atoms with E-state index in [1.165, 1.54) is 25.1 Å². The Morgan fingerprint density at radius 3 is 2.15 bits per heavy atom. The molecule has 0 N–H and O–H groups in total. The Morgan fingerprint density at radius 2 is 1.59 bits per heavy atom. The number of halogens is 3. The molecule has 0 bridgehead atoms. The van der Waals surface area contributed by atoms with E-state index in [0.29, 0.717) is 16.7 Å². The van der Waals surface area contributed by atoms with Crippen LogP contribution in [-0.2, 0) is 48.5 Å². The first-order valence-corrected chi connectivity index (χ1v) is 14.9. The molecule has 0 radical (unpaired) electrons. The van der Waals surface area contributed by atoms with Gasteiger partial charge in [-0.05, 0) is 44.8 Å². The molecule has 0 saturated carbocycles. The first kappa shape index (κ1) is 34.9. The SMILES string of the molecule is CO[C@@](C(=O)O[C@@H]1C/C(C)=C\[C@@H]2OC(=O)C(C)=C2C[C@@H]2C(C)=CC[C@H](OC(C)=O)[C@]2(C)[C@H]1OC(C)=O)(c1ccccc1)C(F)(F)F. The minimum atomic E-state index is -5.26. The van der Waals surface area contributed by atoms with Gasteiger partial charge >= 0.3 is 30.1 Å².